The molecule has 7 heteroatoms. The van der Waals surface area contributed by atoms with Crippen LogP contribution in [-0.2, 0) is 4.74 Å². The molecule has 2 heterocycles. The van der Waals surface area contributed by atoms with Crippen molar-refractivity contribution < 1.29 is 9.53 Å². The summed E-state index contributed by atoms with van der Waals surface area (Å²) in [6, 6.07) is 7.48. The zero-order chi connectivity index (χ0) is 14.8. The Morgan fingerprint density at radius 2 is 2.19 bits per heavy atom. The number of morpholine rings is 1. The summed E-state index contributed by atoms with van der Waals surface area (Å²) in [6.07, 6.45) is -0.143. The molecule has 0 aliphatic carbocycles. The van der Waals surface area contributed by atoms with Crippen molar-refractivity contribution in [2.45, 2.75) is 6.10 Å². The van der Waals surface area contributed by atoms with Crippen molar-refractivity contribution in [3.8, 4) is 0 Å². The zero-order valence-electron chi connectivity index (χ0n) is 11.2. The lowest BCUT2D eigenvalue weighted by molar-refractivity contribution is -0.0229. The van der Waals surface area contributed by atoms with Crippen molar-refractivity contribution in [3.63, 3.8) is 0 Å². The predicted octanol–water partition coefficient (Wildman–Crippen LogP) is 2.59. The van der Waals surface area contributed by atoms with Crippen LogP contribution in [0.25, 0.3) is 0 Å². The molecular weight excluding hydrogens is 310 g/mol. The number of carbonyl (C=O) groups is 1. The van der Waals surface area contributed by atoms with Gasteiger partial charge in [0.25, 0.3) is 5.91 Å². The maximum Gasteiger partial charge on any atom is 0.273 e. The van der Waals surface area contributed by atoms with Gasteiger partial charge in [-0.25, -0.2) is 4.98 Å². The first-order valence-corrected chi connectivity index (χ1v) is 7.76. The van der Waals surface area contributed by atoms with Crippen LogP contribution in [-0.4, -0.2) is 35.5 Å². The van der Waals surface area contributed by atoms with Crippen molar-refractivity contribution in [1.29, 1.82) is 0 Å². The Bertz CT molecular complexity index is 644. The number of nitrogen functional groups attached to an aromatic ring is 1. The van der Waals surface area contributed by atoms with E-state index in [9.17, 15) is 4.79 Å². The standard InChI is InChI=1S/C14H14ClN3O2S/c15-10-3-1-9(2-4-10)12-7-18(5-6-20-12)13(19)11-8-21-14(16)17-11/h1-4,8,12H,5-7H2,(H2,16,17). The van der Waals surface area contributed by atoms with Gasteiger partial charge in [0.1, 0.15) is 11.8 Å². The number of benzene rings is 1. The first-order valence-electron chi connectivity index (χ1n) is 6.51. The van der Waals surface area contributed by atoms with E-state index in [1.54, 1.807) is 10.3 Å². The summed E-state index contributed by atoms with van der Waals surface area (Å²) in [7, 11) is 0. The molecule has 1 aromatic heterocycles. The Morgan fingerprint density at radius 1 is 1.43 bits per heavy atom. The molecule has 3 rings (SSSR count). The molecule has 0 spiro atoms. The number of nitrogens with two attached hydrogens (primary N) is 1. The smallest absolute Gasteiger partial charge is 0.273 e. The third-order valence-corrected chi connectivity index (χ3v) is 4.26. The summed E-state index contributed by atoms with van der Waals surface area (Å²) < 4.78 is 5.75. The molecule has 2 aromatic rings. The van der Waals surface area contributed by atoms with Crippen LogP contribution in [0.1, 0.15) is 22.2 Å². The van der Waals surface area contributed by atoms with E-state index in [2.05, 4.69) is 4.98 Å². The SMILES string of the molecule is Nc1nc(C(=O)N2CCOC(c3ccc(Cl)cc3)C2)cs1. The highest BCUT2D eigenvalue weighted by atomic mass is 35.5. The molecule has 21 heavy (non-hydrogen) atoms. The molecule has 1 aromatic carbocycles. The molecule has 1 unspecified atom stereocenters. The van der Waals surface area contributed by atoms with Crippen LogP contribution in [0, 0.1) is 0 Å². The largest absolute Gasteiger partial charge is 0.375 e. The lowest BCUT2D eigenvalue weighted by Crippen LogP contribution is -2.42. The van der Waals surface area contributed by atoms with Crippen LogP contribution in [0.5, 0.6) is 0 Å². The highest BCUT2D eigenvalue weighted by Gasteiger charge is 2.27. The minimum absolute atomic E-state index is 0.106. The Kier molecular flexibility index (Phi) is 4.10. The summed E-state index contributed by atoms with van der Waals surface area (Å²) in [6.45, 7) is 1.55. The summed E-state index contributed by atoms with van der Waals surface area (Å²) >= 11 is 7.16. The van der Waals surface area contributed by atoms with Gasteiger partial charge in [0.2, 0.25) is 0 Å². The van der Waals surface area contributed by atoms with Crippen LogP contribution >= 0.6 is 22.9 Å². The number of nitrogens with zero attached hydrogens (tertiary/aromatic N) is 2. The normalized spacial score (nSPS) is 18.7. The van der Waals surface area contributed by atoms with E-state index in [1.807, 2.05) is 24.3 Å². The van der Waals surface area contributed by atoms with Crippen LogP contribution in [0.15, 0.2) is 29.6 Å². The van der Waals surface area contributed by atoms with Gasteiger partial charge in [0, 0.05) is 16.9 Å². The van der Waals surface area contributed by atoms with E-state index in [-0.39, 0.29) is 12.0 Å². The van der Waals surface area contributed by atoms with Crippen LogP contribution in [0.2, 0.25) is 5.02 Å². The van der Waals surface area contributed by atoms with E-state index in [0.717, 1.165) is 5.56 Å². The third kappa shape index (κ3) is 3.18. The third-order valence-electron chi connectivity index (χ3n) is 3.34. The van der Waals surface area contributed by atoms with Crippen molar-refractivity contribution in [3.05, 3.63) is 45.9 Å². The van der Waals surface area contributed by atoms with Gasteiger partial charge in [0.15, 0.2) is 5.13 Å². The van der Waals surface area contributed by atoms with Gasteiger partial charge in [-0.15, -0.1) is 11.3 Å². The maximum absolute atomic E-state index is 12.4. The van der Waals surface area contributed by atoms with Gasteiger partial charge >= 0.3 is 0 Å². The molecule has 1 fully saturated rings. The molecule has 5 nitrogen and oxygen atoms in total. The molecule has 0 saturated carbocycles. The molecule has 110 valence electrons. The average Bonchev–Trinajstić information content (AvgIpc) is 2.94. The van der Waals surface area contributed by atoms with Crippen molar-refractivity contribution in [2.75, 3.05) is 25.4 Å². The Hall–Kier alpha value is -1.63. The quantitative estimate of drug-likeness (QED) is 0.922. The maximum atomic E-state index is 12.4. The number of aromatic nitrogens is 1. The Morgan fingerprint density at radius 3 is 2.86 bits per heavy atom. The van der Waals surface area contributed by atoms with Crippen molar-refractivity contribution in [1.82, 2.24) is 9.88 Å². The van der Waals surface area contributed by atoms with Gasteiger partial charge in [-0.05, 0) is 17.7 Å². The van der Waals surface area contributed by atoms with Gasteiger partial charge in [-0.1, -0.05) is 23.7 Å². The van der Waals surface area contributed by atoms with E-state index in [0.29, 0.717) is 35.5 Å². The number of amides is 1. The summed E-state index contributed by atoms with van der Waals surface area (Å²) in [5.74, 6) is -0.106. The van der Waals surface area contributed by atoms with Gasteiger partial charge < -0.3 is 15.4 Å². The summed E-state index contributed by atoms with van der Waals surface area (Å²) in [5, 5.41) is 2.77. The number of rotatable bonds is 2. The van der Waals surface area contributed by atoms with Crippen molar-refractivity contribution >= 4 is 34.0 Å². The number of ether oxygens (including phenoxy) is 1. The molecular formula is C14H14ClN3O2S. The van der Waals surface area contributed by atoms with Crippen LogP contribution in [0.3, 0.4) is 0 Å². The zero-order valence-corrected chi connectivity index (χ0v) is 12.7. The Balaban J connectivity index is 1.73. The lowest BCUT2D eigenvalue weighted by atomic mass is 10.1. The van der Waals surface area contributed by atoms with E-state index < -0.39 is 0 Å². The second-order valence-corrected chi connectivity index (χ2v) is 6.06. The topological polar surface area (TPSA) is 68.5 Å². The van der Waals surface area contributed by atoms with E-state index in [1.165, 1.54) is 11.3 Å². The van der Waals surface area contributed by atoms with Crippen LogP contribution < -0.4 is 5.73 Å². The molecule has 1 amide bonds. The number of halogens is 1. The minimum atomic E-state index is -0.143. The molecule has 1 aliphatic rings. The Labute approximate surface area is 131 Å². The predicted molar refractivity (Wildman–Crippen MR) is 82.6 cm³/mol. The van der Waals surface area contributed by atoms with E-state index >= 15 is 0 Å². The summed E-state index contributed by atoms with van der Waals surface area (Å²) in [4.78, 5) is 18.2. The van der Waals surface area contributed by atoms with Crippen LogP contribution in [0.4, 0.5) is 5.13 Å². The molecule has 1 aliphatic heterocycles. The number of anilines is 1. The number of hydrogen-bond donors (Lipinski definition) is 1. The highest BCUT2D eigenvalue weighted by Crippen LogP contribution is 2.25. The first kappa shape index (κ1) is 14.3. The number of thiazole rings is 1. The second kappa shape index (κ2) is 6.01. The van der Waals surface area contributed by atoms with Gasteiger partial charge in [-0.3, -0.25) is 4.79 Å². The van der Waals surface area contributed by atoms with Crippen molar-refractivity contribution in [2.24, 2.45) is 0 Å². The molecule has 1 atom stereocenters. The first-order chi connectivity index (χ1) is 10.1. The average molecular weight is 324 g/mol. The monoisotopic (exact) mass is 323 g/mol. The fourth-order valence-electron chi connectivity index (χ4n) is 2.26. The highest BCUT2D eigenvalue weighted by molar-refractivity contribution is 7.13. The fraction of sp³-hybridized carbons (Fsp3) is 0.286. The molecule has 1 saturated heterocycles. The minimum Gasteiger partial charge on any atom is -0.375 e. The number of hydrogen-bond acceptors (Lipinski definition) is 5. The number of carbonyl (C=O) groups excluding carboxylic acids is 1. The summed E-state index contributed by atoms with van der Waals surface area (Å²) in [5.41, 5.74) is 6.98. The second-order valence-electron chi connectivity index (χ2n) is 4.73. The lowest BCUT2D eigenvalue weighted by Gasteiger charge is -2.32. The fourth-order valence-corrected chi connectivity index (χ4v) is 2.92. The molecule has 2 N–H and O–H groups in total. The van der Waals surface area contributed by atoms with E-state index in [4.69, 9.17) is 22.1 Å². The van der Waals surface area contributed by atoms with Gasteiger partial charge in [-0.2, -0.15) is 0 Å². The van der Waals surface area contributed by atoms with Gasteiger partial charge in [0.05, 0.1) is 13.2 Å². The molecule has 0 radical (unpaired) electrons. The molecule has 0 bridgehead atoms.